The van der Waals surface area contributed by atoms with Gasteiger partial charge in [-0.25, -0.2) is 4.79 Å². The van der Waals surface area contributed by atoms with E-state index in [1.807, 2.05) is 66.7 Å². The lowest BCUT2D eigenvalue weighted by molar-refractivity contribution is 0.251. The first-order valence-corrected chi connectivity index (χ1v) is 7.60. The van der Waals surface area contributed by atoms with Gasteiger partial charge in [0.1, 0.15) is 0 Å². The van der Waals surface area contributed by atoms with E-state index in [2.05, 4.69) is 15.7 Å². The minimum Gasteiger partial charge on any atom is -0.334 e. The molecule has 5 nitrogen and oxygen atoms in total. The number of fused-ring (bicyclic) bond motifs is 1. The summed E-state index contributed by atoms with van der Waals surface area (Å²) < 4.78 is 0. The van der Waals surface area contributed by atoms with Crippen LogP contribution in [0.4, 0.5) is 10.5 Å². The average molecular weight is 318 g/mol. The van der Waals surface area contributed by atoms with E-state index in [-0.39, 0.29) is 6.03 Å². The molecule has 0 aliphatic heterocycles. The second kappa shape index (κ2) is 7.28. The number of nitrogens with two attached hydrogens (primary N) is 1. The van der Waals surface area contributed by atoms with Gasteiger partial charge in [-0.3, -0.25) is 0 Å². The van der Waals surface area contributed by atoms with Crippen molar-refractivity contribution in [3.63, 3.8) is 0 Å². The van der Waals surface area contributed by atoms with Gasteiger partial charge in [0.25, 0.3) is 0 Å². The summed E-state index contributed by atoms with van der Waals surface area (Å²) in [5.41, 5.74) is 2.74. The zero-order valence-corrected chi connectivity index (χ0v) is 13.1. The summed E-state index contributed by atoms with van der Waals surface area (Å²) in [5.74, 6) is 5.17. The van der Waals surface area contributed by atoms with Crippen LogP contribution in [0.25, 0.3) is 10.8 Å². The number of nitrogens with one attached hydrogen (secondary N) is 2. The van der Waals surface area contributed by atoms with Crippen LogP contribution < -0.4 is 16.5 Å². The summed E-state index contributed by atoms with van der Waals surface area (Å²) in [6, 6.07) is 21.2. The van der Waals surface area contributed by atoms with Gasteiger partial charge in [-0.05, 0) is 40.1 Å². The van der Waals surface area contributed by atoms with Gasteiger partial charge in [0, 0.05) is 12.2 Å². The number of rotatable bonds is 4. The lowest BCUT2D eigenvalue weighted by Gasteiger charge is -2.09. The quantitative estimate of drug-likeness (QED) is 0.391. The molecule has 0 atom stereocenters. The molecule has 3 aromatic carbocycles. The second-order valence-electron chi connectivity index (χ2n) is 5.39. The first kappa shape index (κ1) is 15.6. The third kappa shape index (κ3) is 3.89. The monoisotopic (exact) mass is 318 g/mol. The summed E-state index contributed by atoms with van der Waals surface area (Å²) in [5, 5.41) is 11.3. The maximum absolute atomic E-state index is 12.0. The molecule has 0 bridgehead atoms. The zero-order valence-electron chi connectivity index (χ0n) is 13.1. The predicted octanol–water partition coefficient (Wildman–Crippen LogP) is 3.45. The van der Waals surface area contributed by atoms with E-state index in [4.69, 9.17) is 5.84 Å². The van der Waals surface area contributed by atoms with Crippen LogP contribution in [-0.2, 0) is 6.54 Å². The van der Waals surface area contributed by atoms with Crippen LogP contribution in [0.15, 0.2) is 71.8 Å². The van der Waals surface area contributed by atoms with Gasteiger partial charge in [0.2, 0.25) is 0 Å². The summed E-state index contributed by atoms with van der Waals surface area (Å²) in [6.45, 7) is 0.488. The molecular weight excluding hydrogens is 300 g/mol. The number of hydrogen-bond acceptors (Lipinski definition) is 3. The Hall–Kier alpha value is -3.34. The third-order valence-corrected chi connectivity index (χ3v) is 3.64. The van der Waals surface area contributed by atoms with Crippen molar-refractivity contribution in [2.24, 2.45) is 10.9 Å². The lowest BCUT2D eigenvalue weighted by atomic mass is 10.1. The molecule has 0 heterocycles. The summed E-state index contributed by atoms with van der Waals surface area (Å²) >= 11 is 0. The van der Waals surface area contributed by atoms with Gasteiger partial charge in [-0.1, -0.05) is 48.5 Å². The molecule has 3 aromatic rings. The fourth-order valence-electron chi connectivity index (χ4n) is 2.46. The van der Waals surface area contributed by atoms with Crippen molar-refractivity contribution in [2.45, 2.75) is 6.54 Å². The molecule has 0 saturated heterocycles. The smallest absolute Gasteiger partial charge is 0.319 e. The van der Waals surface area contributed by atoms with E-state index < -0.39 is 0 Å². The van der Waals surface area contributed by atoms with E-state index in [0.29, 0.717) is 6.54 Å². The van der Waals surface area contributed by atoms with Crippen molar-refractivity contribution in [1.82, 2.24) is 5.32 Å². The molecule has 120 valence electrons. The van der Waals surface area contributed by atoms with E-state index in [9.17, 15) is 4.79 Å². The molecule has 0 aliphatic carbocycles. The number of amides is 2. The van der Waals surface area contributed by atoms with Crippen LogP contribution in [0, 0.1) is 0 Å². The minimum atomic E-state index is -0.231. The molecular formula is C19H18N4O. The largest absolute Gasteiger partial charge is 0.334 e. The van der Waals surface area contributed by atoms with E-state index in [1.165, 1.54) is 0 Å². The normalized spacial score (nSPS) is 10.8. The van der Waals surface area contributed by atoms with Crippen LogP contribution in [0.5, 0.6) is 0 Å². The molecule has 2 amide bonds. The molecule has 0 spiro atoms. The molecule has 0 fully saturated rings. The first-order valence-electron chi connectivity index (χ1n) is 7.60. The minimum absolute atomic E-state index is 0.231. The Bertz CT molecular complexity index is 875. The van der Waals surface area contributed by atoms with Gasteiger partial charge in [0.15, 0.2) is 0 Å². The van der Waals surface area contributed by atoms with Gasteiger partial charge in [0.05, 0.1) is 6.21 Å². The van der Waals surface area contributed by atoms with Crippen LogP contribution in [0.3, 0.4) is 0 Å². The Kier molecular flexibility index (Phi) is 4.72. The zero-order chi connectivity index (χ0) is 16.8. The molecule has 24 heavy (non-hydrogen) atoms. The summed E-state index contributed by atoms with van der Waals surface area (Å²) in [4.78, 5) is 12.0. The fourth-order valence-corrected chi connectivity index (χ4v) is 2.46. The first-order chi connectivity index (χ1) is 11.7. The predicted molar refractivity (Wildman–Crippen MR) is 98.0 cm³/mol. The van der Waals surface area contributed by atoms with Crippen molar-refractivity contribution in [3.8, 4) is 0 Å². The number of urea groups is 1. The topological polar surface area (TPSA) is 79.5 Å². The number of anilines is 1. The molecule has 5 heteroatoms. The number of hydrazone groups is 1. The van der Waals surface area contributed by atoms with Crippen LogP contribution >= 0.6 is 0 Å². The molecule has 0 saturated carbocycles. The van der Waals surface area contributed by atoms with Crippen LogP contribution in [-0.4, -0.2) is 12.2 Å². The second-order valence-corrected chi connectivity index (χ2v) is 5.39. The molecule has 4 N–H and O–H groups in total. The third-order valence-electron chi connectivity index (χ3n) is 3.64. The van der Waals surface area contributed by atoms with E-state index >= 15 is 0 Å². The summed E-state index contributed by atoms with van der Waals surface area (Å²) in [7, 11) is 0. The highest BCUT2D eigenvalue weighted by Crippen LogP contribution is 2.20. The van der Waals surface area contributed by atoms with Crippen LogP contribution in [0.2, 0.25) is 0 Å². The number of hydrogen-bond donors (Lipinski definition) is 3. The number of carbonyl (C=O) groups is 1. The van der Waals surface area contributed by atoms with E-state index in [0.717, 1.165) is 27.6 Å². The Morgan fingerprint density at radius 1 is 1.00 bits per heavy atom. The Morgan fingerprint density at radius 2 is 1.75 bits per heavy atom. The Morgan fingerprint density at radius 3 is 2.54 bits per heavy atom. The number of carbonyl (C=O) groups excluding carboxylic acids is 1. The molecule has 3 rings (SSSR count). The van der Waals surface area contributed by atoms with Crippen molar-refractivity contribution in [3.05, 3.63) is 77.9 Å². The highest BCUT2D eigenvalue weighted by Gasteiger charge is 2.03. The molecule has 0 aliphatic rings. The van der Waals surface area contributed by atoms with E-state index in [1.54, 1.807) is 6.21 Å². The summed E-state index contributed by atoms with van der Waals surface area (Å²) in [6.07, 6.45) is 1.60. The Labute approximate surface area is 140 Å². The fraction of sp³-hybridized carbons (Fsp3) is 0.0526. The SMILES string of the molecule is NN=Cc1ccc2cc(NC(=O)NCc3ccccc3)ccc2c1. The van der Waals surface area contributed by atoms with Gasteiger partial charge in [-0.2, -0.15) is 5.10 Å². The maximum atomic E-state index is 12.0. The van der Waals surface area contributed by atoms with Crippen molar-refractivity contribution in [2.75, 3.05) is 5.32 Å². The van der Waals surface area contributed by atoms with Gasteiger partial charge in [-0.15, -0.1) is 0 Å². The highest BCUT2D eigenvalue weighted by atomic mass is 16.2. The van der Waals surface area contributed by atoms with Crippen molar-refractivity contribution in [1.29, 1.82) is 0 Å². The number of benzene rings is 3. The number of nitrogens with zero attached hydrogens (tertiary/aromatic N) is 1. The van der Waals surface area contributed by atoms with Crippen molar-refractivity contribution < 1.29 is 4.79 Å². The lowest BCUT2D eigenvalue weighted by Crippen LogP contribution is -2.28. The van der Waals surface area contributed by atoms with Gasteiger partial charge >= 0.3 is 6.03 Å². The molecule has 0 unspecified atom stereocenters. The van der Waals surface area contributed by atoms with Gasteiger partial charge < -0.3 is 16.5 Å². The average Bonchev–Trinajstić information content (AvgIpc) is 2.61. The standard InChI is InChI=1S/C19H18N4O/c20-22-13-15-6-7-17-11-18(9-8-16(17)10-15)23-19(24)21-12-14-4-2-1-3-5-14/h1-11,13H,12,20H2,(H2,21,23,24). The highest BCUT2D eigenvalue weighted by molar-refractivity contribution is 5.95. The molecule has 0 radical (unpaired) electrons. The van der Waals surface area contributed by atoms with Crippen molar-refractivity contribution >= 4 is 28.7 Å². The molecule has 0 aromatic heterocycles. The Balaban J connectivity index is 1.66. The van der Waals surface area contributed by atoms with Crippen LogP contribution in [0.1, 0.15) is 11.1 Å². The maximum Gasteiger partial charge on any atom is 0.319 e.